The summed E-state index contributed by atoms with van der Waals surface area (Å²) in [6, 6.07) is 0. The van der Waals surface area contributed by atoms with Gasteiger partial charge < -0.3 is 14.3 Å². The molecule has 3 nitrogen and oxygen atoms in total. The van der Waals surface area contributed by atoms with Crippen molar-refractivity contribution in [1.29, 1.82) is 0 Å². The molecule has 0 aromatic carbocycles. The van der Waals surface area contributed by atoms with Gasteiger partial charge >= 0.3 is 0 Å². The van der Waals surface area contributed by atoms with Crippen LogP contribution in [0.2, 0.25) is 0 Å². The van der Waals surface area contributed by atoms with Gasteiger partial charge in [0.25, 0.3) is 0 Å². The van der Waals surface area contributed by atoms with Crippen LogP contribution in [-0.4, -0.2) is 25.0 Å². The summed E-state index contributed by atoms with van der Waals surface area (Å²) in [5.74, 6) is 0. The molecular weight excluding hydrogens is 202 g/mol. The van der Waals surface area contributed by atoms with Gasteiger partial charge in [0.05, 0.1) is 6.61 Å². The molecule has 1 saturated heterocycles. The molecule has 2 unspecified atom stereocenters. The van der Waals surface area contributed by atoms with Crippen molar-refractivity contribution in [1.82, 2.24) is 0 Å². The van der Waals surface area contributed by atoms with Crippen molar-refractivity contribution in [3.63, 3.8) is 0 Å². The van der Waals surface area contributed by atoms with E-state index in [4.69, 9.17) is 16.0 Å². The van der Waals surface area contributed by atoms with E-state index in [9.17, 15) is 0 Å². The van der Waals surface area contributed by atoms with Crippen molar-refractivity contribution in [3.8, 4) is 0 Å². The monoisotopic (exact) mass is 225 g/mol. The molecule has 0 aromatic rings. The van der Waals surface area contributed by atoms with Crippen LogP contribution in [0.4, 0.5) is 0 Å². The predicted octanol–water partition coefficient (Wildman–Crippen LogP) is 3.40. The van der Waals surface area contributed by atoms with Crippen LogP contribution in [0.5, 0.6) is 0 Å². The Morgan fingerprint density at radius 3 is 2.88 bits per heavy atom. The second kappa shape index (κ2) is 6.88. The summed E-state index contributed by atoms with van der Waals surface area (Å²) < 4.78 is 11.1. The lowest BCUT2D eigenvalue weighted by atomic mass is 9.94. The Balaban J connectivity index is 2.09. The molecule has 0 radical (unpaired) electrons. The Morgan fingerprint density at radius 1 is 1.50 bits per heavy atom. The van der Waals surface area contributed by atoms with Crippen molar-refractivity contribution >= 4 is 0 Å². The van der Waals surface area contributed by atoms with E-state index in [0.29, 0.717) is 0 Å². The zero-order valence-corrected chi connectivity index (χ0v) is 10.5. The van der Waals surface area contributed by atoms with Crippen molar-refractivity contribution in [2.45, 2.75) is 64.2 Å². The third-order valence-corrected chi connectivity index (χ3v) is 3.33. The van der Waals surface area contributed by atoms with Gasteiger partial charge in [0.15, 0.2) is 6.29 Å². The topological polar surface area (TPSA) is 22.8 Å². The number of ether oxygens (including phenoxy) is 2. The van der Waals surface area contributed by atoms with E-state index in [2.05, 4.69) is 11.8 Å². The minimum absolute atomic E-state index is 0.00886. The lowest BCUT2D eigenvalue weighted by molar-refractivity contribution is -0.163. The molecule has 1 aliphatic rings. The van der Waals surface area contributed by atoms with E-state index in [-0.39, 0.29) is 11.8 Å². The third kappa shape index (κ3) is 4.51. The van der Waals surface area contributed by atoms with Crippen LogP contribution < -0.4 is 0 Å². The van der Waals surface area contributed by atoms with Crippen molar-refractivity contribution in [2.75, 3.05) is 13.2 Å². The highest BCUT2D eigenvalue weighted by Crippen LogP contribution is 2.22. The van der Waals surface area contributed by atoms with Gasteiger partial charge in [-0.25, -0.2) is 6.57 Å². The van der Waals surface area contributed by atoms with Crippen molar-refractivity contribution < 1.29 is 9.47 Å². The SMILES string of the molecule is [C-]#[N+]C(C)(CC)CCCOC1CCCCO1. The largest absolute Gasteiger partial charge is 0.353 e. The van der Waals surface area contributed by atoms with Crippen molar-refractivity contribution in [2.24, 2.45) is 0 Å². The number of hydrogen-bond donors (Lipinski definition) is 0. The maximum Gasteiger partial charge on any atom is 0.229 e. The predicted molar refractivity (Wildman–Crippen MR) is 64.1 cm³/mol. The van der Waals surface area contributed by atoms with Crippen LogP contribution in [-0.2, 0) is 9.47 Å². The summed E-state index contributed by atoms with van der Waals surface area (Å²) in [6.07, 6.45) is 6.18. The number of nitrogens with zero attached hydrogens (tertiary/aromatic N) is 1. The van der Waals surface area contributed by atoms with E-state index >= 15 is 0 Å². The summed E-state index contributed by atoms with van der Waals surface area (Å²) in [4.78, 5) is 3.69. The summed E-state index contributed by atoms with van der Waals surface area (Å²) in [6.45, 7) is 12.8. The Morgan fingerprint density at radius 2 is 2.31 bits per heavy atom. The van der Waals surface area contributed by atoms with Crippen LogP contribution in [0.1, 0.15) is 52.4 Å². The Hall–Kier alpha value is -0.590. The van der Waals surface area contributed by atoms with Crippen molar-refractivity contribution in [3.05, 3.63) is 11.4 Å². The minimum atomic E-state index is -0.198. The summed E-state index contributed by atoms with van der Waals surface area (Å²) in [5.41, 5.74) is -0.198. The molecular formula is C13H23NO2. The third-order valence-electron chi connectivity index (χ3n) is 3.33. The van der Waals surface area contributed by atoms with Gasteiger partial charge in [-0.2, -0.15) is 0 Å². The highest BCUT2D eigenvalue weighted by molar-refractivity contribution is 4.92. The maximum absolute atomic E-state index is 7.15. The molecule has 1 rings (SSSR count). The lowest BCUT2D eigenvalue weighted by Gasteiger charge is -2.23. The first kappa shape index (κ1) is 13.5. The van der Waals surface area contributed by atoms with Gasteiger partial charge in [0.1, 0.15) is 0 Å². The van der Waals surface area contributed by atoms with E-state index in [1.165, 1.54) is 6.42 Å². The Kier molecular flexibility index (Phi) is 5.79. The fourth-order valence-electron chi connectivity index (χ4n) is 1.82. The number of rotatable bonds is 6. The highest BCUT2D eigenvalue weighted by Gasteiger charge is 2.26. The lowest BCUT2D eigenvalue weighted by Crippen LogP contribution is -2.24. The molecule has 16 heavy (non-hydrogen) atoms. The average Bonchev–Trinajstić information content (AvgIpc) is 2.36. The van der Waals surface area contributed by atoms with E-state index in [0.717, 1.165) is 45.3 Å². The first-order chi connectivity index (χ1) is 7.70. The summed E-state index contributed by atoms with van der Waals surface area (Å²) >= 11 is 0. The summed E-state index contributed by atoms with van der Waals surface area (Å²) in [5, 5.41) is 0. The summed E-state index contributed by atoms with van der Waals surface area (Å²) in [7, 11) is 0. The highest BCUT2D eigenvalue weighted by atomic mass is 16.7. The maximum atomic E-state index is 7.15. The standard InChI is InChI=1S/C13H23NO2/c1-4-13(2,14-3)9-7-11-16-12-8-5-6-10-15-12/h12H,4-11H2,1-2H3. The normalized spacial score (nSPS) is 24.7. The molecule has 1 aliphatic heterocycles. The van der Waals surface area contributed by atoms with E-state index in [1.807, 2.05) is 6.92 Å². The average molecular weight is 225 g/mol. The fraction of sp³-hybridized carbons (Fsp3) is 0.923. The second-order valence-electron chi connectivity index (χ2n) is 4.73. The van der Waals surface area contributed by atoms with E-state index in [1.54, 1.807) is 0 Å². The first-order valence-electron chi connectivity index (χ1n) is 6.32. The zero-order chi connectivity index (χ0) is 11.9. The Labute approximate surface area is 98.9 Å². The van der Waals surface area contributed by atoms with Gasteiger partial charge in [-0.1, -0.05) is 6.92 Å². The van der Waals surface area contributed by atoms with Gasteiger partial charge in [-0.05, 0) is 25.7 Å². The molecule has 0 saturated carbocycles. The van der Waals surface area contributed by atoms with Gasteiger partial charge in [0, 0.05) is 26.4 Å². The second-order valence-corrected chi connectivity index (χ2v) is 4.73. The zero-order valence-electron chi connectivity index (χ0n) is 10.5. The molecule has 0 amide bonds. The minimum Gasteiger partial charge on any atom is -0.353 e. The van der Waals surface area contributed by atoms with Crippen LogP contribution in [0, 0.1) is 6.57 Å². The molecule has 0 N–H and O–H groups in total. The van der Waals surface area contributed by atoms with Crippen LogP contribution in [0.3, 0.4) is 0 Å². The molecule has 2 atom stereocenters. The van der Waals surface area contributed by atoms with Gasteiger partial charge in [0.2, 0.25) is 5.54 Å². The van der Waals surface area contributed by atoms with Crippen LogP contribution in [0.25, 0.3) is 4.85 Å². The molecule has 0 aromatic heterocycles. The molecule has 0 spiro atoms. The Bertz CT molecular complexity index is 231. The molecule has 1 heterocycles. The van der Waals surface area contributed by atoms with Crippen LogP contribution in [0.15, 0.2) is 0 Å². The van der Waals surface area contributed by atoms with E-state index < -0.39 is 0 Å². The quantitative estimate of drug-likeness (QED) is 0.511. The van der Waals surface area contributed by atoms with Gasteiger partial charge in [-0.3, -0.25) is 0 Å². The fourth-order valence-corrected chi connectivity index (χ4v) is 1.82. The molecule has 0 bridgehead atoms. The first-order valence-corrected chi connectivity index (χ1v) is 6.32. The molecule has 0 aliphatic carbocycles. The smallest absolute Gasteiger partial charge is 0.229 e. The molecule has 1 fully saturated rings. The molecule has 92 valence electrons. The van der Waals surface area contributed by atoms with Crippen LogP contribution >= 0.6 is 0 Å². The molecule has 3 heteroatoms. The number of hydrogen-bond acceptors (Lipinski definition) is 2. The van der Waals surface area contributed by atoms with Gasteiger partial charge in [-0.15, -0.1) is 0 Å².